The molecule has 0 saturated carbocycles. The molecule has 0 radical (unpaired) electrons. The summed E-state index contributed by atoms with van der Waals surface area (Å²) in [7, 11) is 0. The number of non-ortho nitro benzene ring substituents is 1. The van der Waals surface area contributed by atoms with Crippen molar-refractivity contribution in [1.29, 1.82) is 0 Å². The van der Waals surface area contributed by atoms with Crippen LogP contribution in [0, 0.1) is 10.1 Å². The highest BCUT2D eigenvalue weighted by molar-refractivity contribution is 6.12. The van der Waals surface area contributed by atoms with Gasteiger partial charge in [0.2, 0.25) is 0 Å². The van der Waals surface area contributed by atoms with Crippen LogP contribution < -0.4 is 0 Å². The fourth-order valence-electron chi connectivity index (χ4n) is 5.32. The Morgan fingerprint density at radius 2 is 1.31 bits per heavy atom. The Hall–Kier alpha value is -3.22. The van der Waals surface area contributed by atoms with Gasteiger partial charge in [0.1, 0.15) is 0 Å². The molecule has 2 aromatic carbocycles. The van der Waals surface area contributed by atoms with Crippen LogP contribution in [0.3, 0.4) is 0 Å². The fraction of sp³-hybridized carbons (Fsp3) is 0.562. The number of hydrogen-bond acceptors (Lipinski definition) is 5. The van der Waals surface area contributed by atoms with Crippen LogP contribution in [0.4, 0.5) is 5.69 Å². The highest BCUT2D eigenvalue weighted by Gasteiger charge is 2.16. The molecule has 0 unspecified atom stereocenters. The van der Waals surface area contributed by atoms with E-state index in [1.54, 1.807) is 19.1 Å². The first kappa shape index (κ1) is 30.3. The van der Waals surface area contributed by atoms with Crippen LogP contribution in [-0.2, 0) is 16.2 Å². The molecule has 3 rings (SSSR count). The number of fused-ring (bicyclic) bond motifs is 3. The van der Waals surface area contributed by atoms with Crippen molar-refractivity contribution in [3.63, 3.8) is 0 Å². The largest absolute Gasteiger partial charge is 0.340 e. The lowest BCUT2D eigenvalue weighted by Gasteiger charge is -2.08. The minimum Gasteiger partial charge on any atom is -0.340 e. The second-order valence-electron chi connectivity index (χ2n) is 10.7. The first-order valence-electron chi connectivity index (χ1n) is 14.8. The van der Waals surface area contributed by atoms with Gasteiger partial charge in [0.15, 0.2) is 0 Å². The number of oxime groups is 1. The molecule has 0 fully saturated rings. The number of benzene rings is 2. The lowest BCUT2D eigenvalue weighted by molar-refractivity contribution is -0.384. The summed E-state index contributed by atoms with van der Waals surface area (Å²) in [5.41, 5.74) is 3.51. The number of aromatic nitrogens is 1. The SMILES string of the molecule is CCCCCCCCCCCCCCCCn1c2ccc(C(C)=NOC(C)=O)cc2c2cc([N+](=O)[O-])ccc21. The summed E-state index contributed by atoms with van der Waals surface area (Å²) in [5, 5.41) is 17.2. The summed E-state index contributed by atoms with van der Waals surface area (Å²) < 4.78 is 2.28. The topological polar surface area (TPSA) is 86.7 Å². The summed E-state index contributed by atoms with van der Waals surface area (Å²) in [6.07, 6.45) is 18.5. The molecule has 0 amide bonds. The van der Waals surface area contributed by atoms with Crippen molar-refractivity contribution in [1.82, 2.24) is 4.57 Å². The van der Waals surface area contributed by atoms with Crippen molar-refractivity contribution in [3.05, 3.63) is 52.1 Å². The van der Waals surface area contributed by atoms with Gasteiger partial charge in [0.05, 0.1) is 10.6 Å². The third-order valence-corrected chi connectivity index (χ3v) is 7.52. The van der Waals surface area contributed by atoms with Crippen molar-refractivity contribution in [2.75, 3.05) is 0 Å². The molecule has 1 heterocycles. The molecule has 0 spiro atoms. The zero-order valence-electron chi connectivity index (χ0n) is 24.0. The molecule has 39 heavy (non-hydrogen) atoms. The van der Waals surface area contributed by atoms with Crippen LogP contribution in [0.1, 0.15) is 116 Å². The van der Waals surface area contributed by atoms with Crippen LogP contribution in [0.25, 0.3) is 21.8 Å². The van der Waals surface area contributed by atoms with Gasteiger partial charge in [0.25, 0.3) is 5.69 Å². The Kier molecular flexibility index (Phi) is 12.5. The first-order chi connectivity index (χ1) is 18.9. The van der Waals surface area contributed by atoms with Crippen LogP contribution >= 0.6 is 0 Å². The van der Waals surface area contributed by atoms with Crippen LogP contribution in [0.15, 0.2) is 41.6 Å². The summed E-state index contributed by atoms with van der Waals surface area (Å²) in [6, 6.07) is 11.1. The monoisotopic (exact) mass is 535 g/mol. The fourth-order valence-corrected chi connectivity index (χ4v) is 5.32. The average Bonchev–Trinajstić information content (AvgIpc) is 3.24. The Morgan fingerprint density at radius 3 is 1.85 bits per heavy atom. The molecule has 0 N–H and O–H groups in total. The van der Waals surface area contributed by atoms with Gasteiger partial charge >= 0.3 is 5.97 Å². The molecule has 0 atom stereocenters. The van der Waals surface area contributed by atoms with Crippen LogP contribution in [0.2, 0.25) is 0 Å². The van der Waals surface area contributed by atoms with Gasteiger partial charge in [-0.15, -0.1) is 0 Å². The third kappa shape index (κ3) is 9.19. The van der Waals surface area contributed by atoms with Crippen LogP contribution in [0.5, 0.6) is 0 Å². The Labute approximate surface area is 232 Å². The van der Waals surface area contributed by atoms with Gasteiger partial charge in [0, 0.05) is 47.4 Å². The minimum absolute atomic E-state index is 0.0775. The molecule has 0 bridgehead atoms. The van der Waals surface area contributed by atoms with E-state index in [0.29, 0.717) is 5.71 Å². The maximum absolute atomic E-state index is 11.5. The number of nitro benzene ring substituents is 1. The number of hydrogen-bond donors (Lipinski definition) is 0. The van der Waals surface area contributed by atoms with Gasteiger partial charge in [-0.05, 0) is 37.1 Å². The van der Waals surface area contributed by atoms with E-state index >= 15 is 0 Å². The zero-order valence-corrected chi connectivity index (χ0v) is 24.0. The van der Waals surface area contributed by atoms with E-state index in [4.69, 9.17) is 4.84 Å². The minimum atomic E-state index is -0.476. The molecule has 0 aliphatic heterocycles. The van der Waals surface area contributed by atoms with E-state index < -0.39 is 5.97 Å². The summed E-state index contributed by atoms with van der Waals surface area (Å²) in [5.74, 6) is -0.476. The lowest BCUT2D eigenvalue weighted by atomic mass is 10.0. The third-order valence-electron chi connectivity index (χ3n) is 7.52. The number of rotatable bonds is 18. The van der Waals surface area contributed by atoms with Gasteiger partial charge in [-0.2, -0.15) is 0 Å². The maximum atomic E-state index is 11.5. The van der Waals surface area contributed by atoms with Crippen molar-refractivity contribution < 1.29 is 14.6 Å². The zero-order chi connectivity index (χ0) is 28.0. The molecule has 0 aliphatic rings. The van der Waals surface area contributed by atoms with E-state index in [-0.39, 0.29) is 10.6 Å². The highest BCUT2D eigenvalue weighted by Crippen LogP contribution is 2.33. The Balaban J connectivity index is 1.56. The number of aryl methyl sites for hydroxylation is 1. The molecule has 7 nitrogen and oxygen atoms in total. The van der Waals surface area contributed by atoms with E-state index in [1.165, 1.54) is 90.4 Å². The molecule has 7 heteroatoms. The number of carbonyl (C=O) groups excluding carboxylic acids is 1. The van der Waals surface area contributed by atoms with Gasteiger partial charge in [-0.3, -0.25) is 10.1 Å². The second-order valence-corrected chi connectivity index (χ2v) is 10.7. The van der Waals surface area contributed by atoms with Gasteiger partial charge in [-0.1, -0.05) is 102 Å². The van der Waals surface area contributed by atoms with Crippen molar-refractivity contribution in [2.45, 2.75) is 117 Å². The van der Waals surface area contributed by atoms with Gasteiger partial charge < -0.3 is 9.40 Å². The normalized spacial score (nSPS) is 11.9. The molecule has 212 valence electrons. The molecule has 3 aromatic rings. The first-order valence-corrected chi connectivity index (χ1v) is 14.8. The summed E-state index contributed by atoms with van der Waals surface area (Å²) in [4.78, 5) is 27.1. The predicted octanol–water partition coefficient (Wildman–Crippen LogP) is 9.47. The second kappa shape index (κ2) is 16.0. The smallest absolute Gasteiger partial charge is 0.331 e. The standard InChI is InChI=1S/C32H45N3O4/c1-4-5-6-7-8-9-10-11-12-13-14-15-16-17-22-34-31-20-18-27(25(2)33-39-26(3)36)23-29(31)30-24-28(35(37)38)19-21-32(30)34/h18-21,23-24H,4-17,22H2,1-3H3. The molecule has 0 aliphatic carbocycles. The van der Waals surface area contributed by atoms with Crippen LogP contribution in [-0.4, -0.2) is 21.2 Å². The molecule has 1 aromatic heterocycles. The van der Waals surface area contributed by atoms with Gasteiger partial charge in [-0.25, -0.2) is 4.79 Å². The van der Waals surface area contributed by atoms with E-state index in [2.05, 4.69) is 16.6 Å². The van der Waals surface area contributed by atoms with Crippen molar-refractivity contribution in [3.8, 4) is 0 Å². The van der Waals surface area contributed by atoms with Crippen molar-refractivity contribution in [2.24, 2.45) is 5.16 Å². The number of nitrogens with zero attached hydrogens (tertiary/aromatic N) is 3. The number of unbranched alkanes of at least 4 members (excludes halogenated alkanes) is 13. The Morgan fingerprint density at radius 1 is 0.795 bits per heavy atom. The Bertz CT molecular complexity index is 1260. The number of carbonyl (C=O) groups is 1. The highest BCUT2D eigenvalue weighted by atomic mass is 16.7. The predicted molar refractivity (Wildman–Crippen MR) is 160 cm³/mol. The molecular weight excluding hydrogens is 490 g/mol. The maximum Gasteiger partial charge on any atom is 0.331 e. The number of nitro groups is 1. The average molecular weight is 536 g/mol. The quantitative estimate of drug-likeness (QED) is 0.0533. The van der Waals surface area contributed by atoms with E-state index in [9.17, 15) is 14.9 Å². The van der Waals surface area contributed by atoms with Crippen molar-refractivity contribution >= 4 is 39.2 Å². The van der Waals surface area contributed by atoms with E-state index in [0.717, 1.165) is 40.3 Å². The van der Waals surface area contributed by atoms with E-state index in [1.807, 2.05) is 24.3 Å². The summed E-state index contributed by atoms with van der Waals surface area (Å²) >= 11 is 0. The molecular formula is C32H45N3O4. The molecule has 0 saturated heterocycles. The summed E-state index contributed by atoms with van der Waals surface area (Å²) in [6.45, 7) is 6.23. The lowest BCUT2D eigenvalue weighted by Crippen LogP contribution is -2.00.